The Morgan fingerprint density at radius 2 is 2.05 bits per heavy atom. The molecule has 2 rings (SSSR count). The molecule has 0 aromatic carbocycles. The van der Waals surface area contributed by atoms with Crippen molar-refractivity contribution in [3.63, 3.8) is 0 Å². The number of ether oxygens (including phenoxy) is 1. The summed E-state index contributed by atoms with van der Waals surface area (Å²) in [7, 11) is 0. The Morgan fingerprint density at radius 1 is 1.33 bits per heavy atom. The van der Waals surface area contributed by atoms with Gasteiger partial charge in [0.25, 0.3) is 5.56 Å². The van der Waals surface area contributed by atoms with Crippen molar-refractivity contribution in [1.29, 1.82) is 0 Å². The van der Waals surface area contributed by atoms with Crippen LogP contribution < -0.4 is 16.7 Å². The highest BCUT2D eigenvalue weighted by Crippen LogP contribution is 2.27. The lowest BCUT2D eigenvalue weighted by Crippen LogP contribution is -2.46. The summed E-state index contributed by atoms with van der Waals surface area (Å²) in [6, 6.07) is 1.15. The Morgan fingerprint density at radius 3 is 2.62 bits per heavy atom. The van der Waals surface area contributed by atoms with E-state index in [2.05, 4.69) is 5.43 Å². The lowest BCUT2D eigenvalue weighted by Gasteiger charge is -2.19. The predicted molar refractivity (Wildman–Crippen MR) is 72.5 cm³/mol. The van der Waals surface area contributed by atoms with Crippen LogP contribution in [0.5, 0.6) is 0 Å². The number of hydrogen-bond donors (Lipinski definition) is 4. The van der Waals surface area contributed by atoms with Crippen LogP contribution in [0, 0.1) is 0 Å². The molecular weight excluding hydrogens is 282 g/mol. The van der Waals surface area contributed by atoms with Crippen LogP contribution in [0.15, 0.2) is 21.9 Å². The zero-order chi connectivity index (χ0) is 15.6. The summed E-state index contributed by atoms with van der Waals surface area (Å²) in [5.41, 5.74) is 1.42. The fourth-order valence-corrected chi connectivity index (χ4v) is 2.16. The van der Waals surface area contributed by atoms with E-state index >= 15 is 0 Å². The van der Waals surface area contributed by atoms with Gasteiger partial charge in [0.2, 0.25) is 0 Å². The van der Waals surface area contributed by atoms with E-state index in [1.54, 1.807) is 0 Å². The van der Waals surface area contributed by atoms with E-state index in [0.717, 1.165) is 15.3 Å². The van der Waals surface area contributed by atoms with Crippen LogP contribution in [0.2, 0.25) is 0 Å². The van der Waals surface area contributed by atoms with Gasteiger partial charge in [-0.2, -0.15) is 4.68 Å². The normalized spacial score (nSPS) is 28.8. The van der Waals surface area contributed by atoms with Crippen LogP contribution in [0.3, 0.4) is 0 Å². The summed E-state index contributed by atoms with van der Waals surface area (Å²) in [5, 5.41) is 28.7. The van der Waals surface area contributed by atoms with Crippen molar-refractivity contribution >= 4 is 0 Å². The molecule has 0 bridgehead atoms. The second-order valence-corrected chi connectivity index (χ2v) is 4.82. The maximum Gasteiger partial charge on any atom is 0.352 e. The van der Waals surface area contributed by atoms with Gasteiger partial charge in [-0.05, 0) is 6.42 Å². The first-order chi connectivity index (χ1) is 10.0. The van der Waals surface area contributed by atoms with Gasteiger partial charge in [0.05, 0.1) is 6.61 Å². The molecule has 1 aromatic heterocycles. The van der Waals surface area contributed by atoms with Gasteiger partial charge in [-0.25, -0.2) is 4.79 Å². The predicted octanol–water partition coefficient (Wildman–Crippen LogP) is -2.42. The number of hydrogen-bond acceptors (Lipinski definition) is 7. The highest BCUT2D eigenvalue weighted by Gasteiger charge is 2.43. The molecule has 1 aliphatic rings. The largest absolute Gasteiger partial charge is 0.394 e. The van der Waals surface area contributed by atoms with Gasteiger partial charge in [-0.1, -0.05) is 6.92 Å². The molecule has 1 fully saturated rings. The number of nitrogens with zero attached hydrogens (tertiary/aromatic N) is 2. The molecule has 0 amide bonds. The fraction of sp³-hybridized carbons (Fsp3) is 0.667. The maximum atomic E-state index is 12.3. The Balaban J connectivity index is 2.37. The Hall–Kier alpha value is -1.68. The smallest absolute Gasteiger partial charge is 0.352 e. The Bertz CT molecular complexity index is 597. The zero-order valence-electron chi connectivity index (χ0n) is 11.5. The second-order valence-electron chi connectivity index (χ2n) is 4.82. The lowest BCUT2D eigenvalue weighted by atomic mass is 10.1. The summed E-state index contributed by atoms with van der Waals surface area (Å²) in [6.45, 7) is 1.82. The molecule has 9 heteroatoms. The number of nitrogens with one attached hydrogen (secondary N) is 1. The molecule has 1 aliphatic heterocycles. The van der Waals surface area contributed by atoms with Crippen LogP contribution in [0.1, 0.15) is 19.6 Å². The van der Waals surface area contributed by atoms with E-state index in [9.17, 15) is 19.8 Å². The van der Waals surface area contributed by atoms with Crippen LogP contribution >= 0.6 is 0 Å². The van der Waals surface area contributed by atoms with E-state index in [1.165, 1.54) is 6.20 Å². The first-order valence-electron chi connectivity index (χ1n) is 6.71. The first kappa shape index (κ1) is 15.7. The highest BCUT2D eigenvalue weighted by atomic mass is 16.6. The first-order valence-corrected chi connectivity index (χ1v) is 6.71. The van der Waals surface area contributed by atoms with Crippen molar-refractivity contribution in [2.75, 3.05) is 18.6 Å². The zero-order valence-corrected chi connectivity index (χ0v) is 11.5. The summed E-state index contributed by atoms with van der Waals surface area (Å²) < 4.78 is 7.10. The van der Waals surface area contributed by atoms with E-state index < -0.39 is 42.4 Å². The third-order valence-electron chi connectivity index (χ3n) is 3.32. The van der Waals surface area contributed by atoms with Gasteiger partial charge < -0.3 is 25.5 Å². The third-order valence-corrected chi connectivity index (χ3v) is 3.32. The van der Waals surface area contributed by atoms with Gasteiger partial charge in [-0.3, -0.25) is 9.36 Å². The average Bonchev–Trinajstić information content (AvgIpc) is 2.75. The second kappa shape index (κ2) is 6.39. The van der Waals surface area contributed by atoms with E-state index in [4.69, 9.17) is 9.84 Å². The molecule has 118 valence electrons. The molecule has 1 aromatic rings. The van der Waals surface area contributed by atoms with Crippen LogP contribution in [0.25, 0.3) is 0 Å². The molecule has 21 heavy (non-hydrogen) atoms. The van der Waals surface area contributed by atoms with Crippen LogP contribution in [-0.4, -0.2) is 56.0 Å². The van der Waals surface area contributed by atoms with Crippen LogP contribution in [-0.2, 0) is 4.74 Å². The fourth-order valence-electron chi connectivity index (χ4n) is 2.16. The quantitative estimate of drug-likeness (QED) is 0.476. The molecule has 0 aliphatic carbocycles. The third kappa shape index (κ3) is 2.86. The average molecular weight is 301 g/mol. The highest BCUT2D eigenvalue weighted by molar-refractivity contribution is 4.95. The van der Waals surface area contributed by atoms with Crippen molar-refractivity contribution in [3.8, 4) is 0 Å². The van der Waals surface area contributed by atoms with Crippen molar-refractivity contribution < 1.29 is 20.1 Å². The summed E-state index contributed by atoms with van der Waals surface area (Å²) in [4.78, 5) is 23.9. The summed E-state index contributed by atoms with van der Waals surface area (Å²) in [5.74, 6) is 0. The van der Waals surface area contributed by atoms with Gasteiger partial charge in [0, 0.05) is 18.8 Å². The molecule has 0 radical (unpaired) electrons. The number of aromatic nitrogens is 2. The van der Waals surface area contributed by atoms with E-state index in [1.807, 2.05) is 6.92 Å². The molecule has 2 unspecified atom stereocenters. The molecule has 0 spiro atoms. The molecule has 1 saturated heterocycles. The summed E-state index contributed by atoms with van der Waals surface area (Å²) in [6.07, 6.45) is -2.93. The molecule has 9 nitrogen and oxygen atoms in total. The number of aliphatic hydroxyl groups is 3. The number of rotatable bonds is 5. The van der Waals surface area contributed by atoms with Crippen molar-refractivity contribution in [2.24, 2.45) is 0 Å². The molecule has 2 heterocycles. The molecular formula is C12H19N3O6. The van der Waals surface area contributed by atoms with Gasteiger partial charge >= 0.3 is 5.69 Å². The van der Waals surface area contributed by atoms with Gasteiger partial charge in [0.1, 0.15) is 18.3 Å². The van der Waals surface area contributed by atoms with Crippen molar-refractivity contribution in [2.45, 2.75) is 37.9 Å². The van der Waals surface area contributed by atoms with Gasteiger partial charge in [-0.15, -0.1) is 0 Å². The number of aliphatic hydroxyl groups excluding tert-OH is 3. The minimum absolute atomic E-state index is 0.426. The standard InChI is InChI=1S/C12H19N3O6/c1-2-4-13-15-8(17)3-5-14(12(15)20)11-10(19)9(18)7(6-16)21-11/h3,5,7,9-11,13,16,18-19H,2,4,6H2,1H3/t7-,9?,10?,11-/m0/s1. The minimum atomic E-state index is -1.38. The van der Waals surface area contributed by atoms with Gasteiger partial charge in [0.15, 0.2) is 6.23 Å². The lowest BCUT2D eigenvalue weighted by molar-refractivity contribution is -0.0554. The van der Waals surface area contributed by atoms with Crippen molar-refractivity contribution in [1.82, 2.24) is 9.24 Å². The maximum absolute atomic E-state index is 12.3. The molecule has 4 atom stereocenters. The van der Waals surface area contributed by atoms with E-state index in [0.29, 0.717) is 13.0 Å². The monoisotopic (exact) mass is 301 g/mol. The Labute approximate surface area is 120 Å². The van der Waals surface area contributed by atoms with Crippen molar-refractivity contribution in [3.05, 3.63) is 33.1 Å². The van der Waals surface area contributed by atoms with E-state index in [-0.39, 0.29) is 0 Å². The summed E-state index contributed by atoms with van der Waals surface area (Å²) >= 11 is 0. The van der Waals surface area contributed by atoms with Crippen LogP contribution in [0.4, 0.5) is 0 Å². The Kier molecular flexibility index (Phi) is 4.78. The SMILES string of the molecule is CCCNn1c(=O)ccn([C@H]2O[C@@H](CO)C(O)C2O)c1=O. The molecule has 4 N–H and O–H groups in total. The topological polar surface area (TPSA) is 126 Å². The molecule has 0 saturated carbocycles. The minimum Gasteiger partial charge on any atom is -0.394 e.